The number of aliphatic carboxylic acids is 1. The summed E-state index contributed by atoms with van der Waals surface area (Å²) in [7, 11) is 0. The van der Waals surface area contributed by atoms with Gasteiger partial charge in [-0.1, -0.05) is 0 Å². The van der Waals surface area contributed by atoms with Gasteiger partial charge < -0.3 is 5.11 Å². The number of hydrogen-bond donors (Lipinski definition) is 1. The number of hydrogen-bond acceptors (Lipinski definition) is 2. The molecule has 0 saturated heterocycles. The molecule has 0 aliphatic heterocycles. The molecule has 90 valence electrons. The Morgan fingerprint density at radius 1 is 1.27 bits per heavy atom. The molecule has 0 aliphatic rings. The predicted octanol–water partition coefficient (Wildman–Crippen LogP) is 2.12. The van der Waals surface area contributed by atoms with Gasteiger partial charge in [0.05, 0.1) is 13.0 Å². The molecule has 0 bridgehead atoms. The van der Waals surface area contributed by atoms with Crippen LogP contribution in [0.1, 0.15) is 27.2 Å². The Kier molecular flexibility index (Phi) is 4.58. The molecule has 0 saturated carbocycles. The van der Waals surface area contributed by atoms with Crippen LogP contribution in [-0.4, -0.2) is 40.8 Å². The van der Waals surface area contributed by atoms with Crippen LogP contribution in [-0.2, 0) is 4.79 Å². The molecule has 0 unspecified atom stereocenters. The van der Waals surface area contributed by atoms with Crippen LogP contribution in [0.5, 0.6) is 0 Å². The number of carboxylic acids is 1. The molecular formula is C9H16F3NO2. The number of carboxylic acid groups (broad SMARTS) is 1. The molecule has 0 heterocycles. The first-order valence-corrected chi connectivity index (χ1v) is 4.56. The Balaban J connectivity index is 4.33. The summed E-state index contributed by atoms with van der Waals surface area (Å²) in [6, 6.07) is 0. The Morgan fingerprint density at radius 2 is 1.73 bits per heavy atom. The van der Waals surface area contributed by atoms with Crippen molar-refractivity contribution >= 4 is 5.97 Å². The van der Waals surface area contributed by atoms with Crippen LogP contribution in [0.25, 0.3) is 0 Å². The molecule has 0 aromatic carbocycles. The van der Waals surface area contributed by atoms with Gasteiger partial charge in [-0.15, -0.1) is 0 Å². The van der Waals surface area contributed by atoms with Crippen LogP contribution in [0.4, 0.5) is 13.2 Å². The molecule has 3 nitrogen and oxygen atoms in total. The van der Waals surface area contributed by atoms with Crippen LogP contribution in [0.2, 0.25) is 0 Å². The van der Waals surface area contributed by atoms with E-state index in [-0.39, 0.29) is 13.1 Å². The summed E-state index contributed by atoms with van der Waals surface area (Å²) in [5.74, 6) is -1.12. The van der Waals surface area contributed by atoms with E-state index in [1.165, 1.54) is 4.90 Å². The molecular weight excluding hydrogens is 211 g/mol. The van der Waals surface area contributed by atoms with Crippen molar-refractivity contribution in [1.82, 2.24) is 4.90 Å². The minimum atomic E-state index is -4.25. The lowest BCUT2D eigenvalue weighted by atomic mass is 10.1. The minimum absolute atomic E-state index is 0.292. The fraction of sp³-hybridized carbons (Fsp3) is 0.889. The summed E-state index contributed by atoms with van der Waals surface area (Å²) >= 11 is 0. The molecule has 15 heavy (non-hydrogen) atoms. The number of carbonyl (C=O) groups is 1. The highest BCUT2D eigenvalue weighted by Gasteiger charge is 2.31. The van der Waals surface area contributed by atoms with E-state index in [9.17, 15) is 18.0 Å². The van der Waals surface area contributed by atoms with Gasteiger partial charge in [0.1, 0.15) is 0 Å². The second kappa shape index (κ2) is 4.83. The molecule has 1 N–H and O–H groups in total. The number of rotatable bonds is 4. The molecule has 0 fully saturated rings. The molecule has 0 spiro atoms. The van der Waals surface area contributed by atoms with Crippen molar-refractivity contribution in [3.8, 4) is 0 Å². The van der Waals surface area contributed by atoms with Gasteiger partial charge in [0, 0.05) is 12.1 Å². The molecule has 6 heteroatoms. The van der Waals surface area contributed by atoms with E-state index < -0.39 is 24.1 Å². The zero-order valence-corrected chi connectivity index (χ0v) is 9.06. The first-order chi connectivity index (χ1) is 6.52. The SMILES string of the molecule is CC(C)(C)N(CCC(F)(F)F)CC(=O)O. The Labute approximate surface area is 86.9 Å². The van der Waals surface area contributed by atoms with Crippen molar-refractivity contribution in [2.75, 3.05) is 13.1 Å². The highest BCUT2D eigenvalue weighted by molar-refractivity contribution is 5.69. The van der Waals surface area contributed by atoms with Gasteiger partial charge in [-0.2, -0.15) is 13.2 Å². The maximum absolute atomic E-state index is 12.0. The van der Waals surface area contributed by atoms with Gasteiger partial charge in [-0.05, 0) is 20.8 Å². The average Bonchev–Trinajstić information content (AvgIpc) is 1.93. The summed E-state index contributed by atoms with van der Waals surface area (Å²) < 4.78 is 35.9. The zero-order valence-electron chi connectivity index (χ0n) is 9.06. The van der Waals surface area contributed by atoms with Crippen molar-refractivity contribution in [1.29, 1.82) is 0 Å². The van der Waals surface area contributed by atoms with Crippen LogP contribution < -0.4 is 0 Å². The van der Waals surface area contributed by atoms with E-state index in [2.05, 4.69) is 0 Å². The second-order valence-electron chi connectivity index (χ2n) is 4.35. The Bertz CT molecular complexity index is 220. The fourth-order valence-electron chi connectivity index (χ4n) is 1.08. The lowest BCUT2D eigenvalue weighted by molar-refractivity contribution is -0.148. The first-order valence-electron chi connectivity index (χ1n) is 4.56. The largest absolute Gasteiger partial charge is 0.480 e. The van der Waals surface area contributed by atoms with E-state index >= 15 is 0 Å². The second-order valence-corrected chi connectivity index (χ2v) is 4.35. The minimum Gasteiger partial charge on any atom is -0.480 e. The summed E-state index contributed by atoms with van der Waals surface area (Å²) in [6.07, 6.45) is -5.24. The Hall–Kier alpha value is -0.780. The molecule has 0 aromatic heterocycles. The molecule has 0 aromatic rings. The lowest BCUT2D eigenvalue weighted by Crippen LogP contribution is -2.45. The van der Waals surface area contributed by atoms with Gasteiger partial charge in [-0.3, -0.25) is 9.69 Å². The smallest absolute Gasteiger partial charge is 0.390 e. The van der Waals surface area contributed by atoms with Crippen LogP contribution >= 0.6 is 0 Å². The summed E-state index contributed by atoms with van der Waals surface area (Å²) in [5.41, 5.74) is -0.580. The fourth-order valence-corrected chi connectivity index (χ4v) is 1.08. The summed E-state index contributed by atoms with van der Waals surface area (Å²) in [5, 5.41) is 8.55. The van der Waals surface area contributed by atoms with E-state index in [1.54, 1.807) is 20.8 Å². The Morgan fingerprint density at radius 3 is 2.00 bits per heavy atom. The van der Waals surface area contributed by atoms with E-state index in [0.29, 0.717) is 0 Å². The van der Waals surface area contributed by atoms with Crippen molar-refractivity contribution in [3.05, 3.63) is 0 Å². The predicted molar refractivity (Wildman–Crippen MR) is 49.6 cm³/mol. The summed E-state index contributed by atoms with van der Waals surface area (Å²) in [6.45, 7) is 4.39. The maximum atomic E-state index is 12.0. The normalized spacial score (nSPS) is 13.3. The average molecular weight is 227 g/mol. The molecule has 0 radical (unpaired) electrons. The van der Waals surface area contributed by atoms with Crippen LogP contribution in [0.3, 0.4) is 0 Å². The third-order valence-corrected chi connectivity index (χ3v) is 1.94. The topological polar surface area (TPSA) is 40.5 Å². The van der Waals surface area contributed by atoms with Gasteiger partial charge in [0.15, 0.2) is 0 Å². The number of alkyl halides is 3. The van der Waals surface area contributed by atoms with Gasteiger partial charge in [0.25, 0.3) is 0 Å². The number of nitrogens with zero attached hydrogens (tertiary/aromatic N) is 1. The summed E-state index contributed by atoms with van der Waals surface area (Å²) in [4.78, 5) is 11.8. The van der Waals surface area contributed by atoms with E-state index in [4.69, 9.17) is 5.11 Å². The third-order valence-electron chi connectivity index (χ3n) is 1.94. The van der Waals surface area contributed by atoms with Crippen molar-refractivity contribution < 1.29 is 23.1 Å². The lowest BCUT2D eigenvalue weighted by Gasteiger charge is -2.34. The van der Waals surface area contributed by atoms with E-state index in [0.717, 1.165) is 0 Å². The monoisotopic (exact) mass is 227 g/mol. The zero-order chi connectivity index (χ0) is 12.3. The molecule has 0 aliphatic carbocycles. The third kappa shape index (κ3) is 7.18. The van der Waals surface area contributed by atoms with Gasteiger partial charge >= 0.3 is 12.1 Å². The quantitative estimate of drug-likeness (QED) is 0.799. The van der Waals surface area contributed by atoms with Gasteiger partial charge in [0.2, 0.25) is 0 Å². The molecule has 0 atom stereocenters. The standard InChI is InChI=1S/C9H16F3NO2/c1-8(2,3)13(6-7(14)15)5-4-9(10,11)12/h4-6H2,1-3H3,(H,14,15). The highest BCUT2D eigenvalue weighted by atomic mass is 19.4. The van der Waals surface area contributed by atoms with Crippen molar-refractivity contribution in [3.63, 3.8) is 0 Å². The van der Waals surface area contributed by atoms with Crippen molar-refractivity contribution in [2.45, 2.75) is 38.9 Å². The number of halogens is 3. The van der Waals surface area contributed by atoms with Gasteiger partial charge in [-0.25, -0.2) is 0 Å². The first kappa shape index (κ1) is 14.2. The van der Waals surface area contributed by atoms with Crippen LogP contribution in [0.15, 0.2) is 0 Å². The molecule has 0 amide bonds. The van der Waals surface area contributed by atoms with Crippen molar-refractivity contribution in [2.24, 2.45) is 0 Å². The maximum Gasteiger partial charge on any atom is 0.390 e. The highest BCUT2D eigenvalue weighted by Crippen LogP contribution is 2.22. The van der Waals surface area contributed by atoms with Crippen LogP contribution in [0, 0.1) is 0 Å². The molecule has 0 rings (SSSR count). The van der Waals surface area contributed by atoms with E-state index in [1.807, 2.05) is 0 Å².